The van der Waals surface area contributed by atoms with E-state index in [1.165, 1.54) is 0 Å². The van der Waals surface area contributed by atoms with E-state index in [1.807, 2.05) is 14.1 Å². The van der Waals surface area contributed by atoms with Crippen LogP contribution in [0.4, 0.5) is 0 Å². The molecule has 51 heavy (non-hydrogen) atoms. The highest BCUT2D eigenvalue weighted by molar-refractivity contribution is 6.32. The summed E-state index contributed by atoms with van der Waals surface area (Å²) in [4.78, 5) is 34.7. The molecule has 0 aliphatic carbocycles. The third-order valence-electron chi connectivity index (χ3n) is 6.06. The van der Waals surface area contributed by atoms with E-state index in [0.717, 1.165) is 6.54 Å². The zero-order valence-corrected chi connectivity index (χ0v) is 30.7. The second-order valence-corrected chi connectivity index (χ2v) is 10.6. The summed E-state index contributed by atoms with van der Waals surface area (Å²) in [5.41, 5.74) is 0. The number of carboxylic acid groups (broad SMARTS) is 1. The number of ether oxygens (including phenoxy) is 13. The fourth-order valence-corrected chi connectivity index (χ4v) is 3.38. The minimum atomic E-state index is -1.56. The number of Topliss-reactive ketones (excluding diaryl/α,β-unsaturated/α-hetero) is 1. The smallest absolute Gasteiger partial charge is 0.372 e. The maximum atomic E-state index is 11.4. The molecule has 0 radical (unpaired) electrons. The molecule has 0 fully saturated rings. The van der Waals surface area contributed by atoms with Crippen LogP contribution in [0.1, 0.15) is 12.8 Å². The van der Waals surface area contributed by atoms with Gasteiger partial charge >= 0.3 is 11.9 Å². The number of rotatable bonds is 43. The third kappa shape index (κ3) is 42.4. The Morgan fingerprint density at radius 1 is 0.373 bits per heavy atom. The van der Waals surface area contributed by atoms with E-state index in [0.29, 0.717) is 152 Å². The van der Waals surface area contributed by atoms with Gasteiger partial charge in [-0.3, -0.25) is 9.59 Å². The molecule has 1 N–H and O–H groups in total. The Labute approximate surface area is 302 Å². The Bertz CT molecular complexity index is 778. The molecule has 0 aromatic heterocycles. The maximum absolute atomic E-state index is 11.4. The van der Waals surface area contributed by atoms with Crippen LogP contribution >= 0.6 is 0 Å². The van der Waals surface area contributed by atoms with Gasteiger partial charge in [0.05, 0.1) is 165 Å². The van der Waals surface area contributed by atoms with Crippen molar-refractivity contribution in [2.75, 3.05) is 186 Å². The van der Waals surface area contributed by atoms with Gasteiger partial charge in [0, 0.05) is 13.0 Å². The molecule has 18 heteroatoms. The minimum absolute atomic E-state index is 0.0125. The monoisotopic (exact) mass is 745 g/mol. The first kappa shape index (κ1) is 49.1. The van der Waals surface area contributed by atoms with Crippen LogP contribution < -0.4 is 0 Å². The van der Waals surface area contributed by atoms with Crippen LogP contribution in [-0.2, 0) is 76.0 Å². The number of esters is 1. The predicted octanol–water partition coefficient (Wildman–Crippen LogP) is -0.276. The summed E-state index contributed by atoms with van der Waals surface area (Å²) in [5, 5.41) is 8.45. The van der Waals surface area contributed by atoms with E-state index < -0.39 is 17.7 Å². The first-order valence-corrected chi connectivity index (χ1v) is 17.4. The average Bonchev–Trinajstić information content (AvgIpc) is 3.11. The van der Waals surface area contributed by atoms with Crippen molar-refractivity contribution in [2.45, 2.75) is 12.8 Å². The number of hydrogen-bond acceptors (Lipinski definition) is 17. The Morgan fingerprint density at radius 2 is 0.608 bits per heavy atom. The van der Waals surface area contributed by atoms with Crippen LogP contribution in [0.25, 0.3) is 0 Å². The molecule has 0 saturated carbocycles. The molecule has 0 unspecified atom stereocenters. The quantitative estimate of drug-likeness (QED) is 0.0486. The molecule has 0 aliphatic heterocycles. The van der Waals surface area contributed by atoms with Crippen LogP contribution in [0.3, 0.4) is 0 Å². The van der Waals surface area contributed by atoms with E-state index in [4.69, 9.17) is 66.7 Å². The van der Waals surface area contributed by atoms with Crippen LogP contribution in [0.15, 0.2) is 0 Å². The van der Waals surface area contributed by atoms with Gasteiger partial charge in [-0.2, -0.15) is 0 Å². The van der Waals surface area contributed by atoms with Crippen molar-refractivity contribution in [3.05, 3.63) is 0 Å². The van der Waals surface area contributed by atoms with Crippen molar-refractivity contribution in [3.8, 4) is 0 Å². The summed E-state index contributed by atoms with van der Waals surface area (Å²) in [5.74, 6) is -3.24. The van der Waals surface area contributed by atoms with E-state index in [9.17, 15) is 14.4 Å². The number of carbonyl (C=O) groups is 3. The van der Waals surface area contributed by atoms with Crippen molar-refractivity contribution in [3.63, 3.8) is 0 Å². The zero-order valence-electron chi connectivity index (χ0n) is 30.7. The standard InChI is InChI=1S/C33H63NO17/c1-34(2)5-6-39-7-8-40-9-10-41-11-12-42-13-14-43-15-16-44-17-18-45-19-20-46-21-22-47-23-24-48-25-26-49-27-28-50-29-30-51-32(36)4-3-31(35)33(37)38/h3-30H2,1-2H3,(H,37,38). The Morgan fingerprint density at radius 3 is 0.843 bits per heavy atom. The molecule has 302 valence electrons. The van der Waals surface area contributed by atoms with Crippen molar-refractivity contribution in [1.82, 2.24) is 4.90 Å². The highest BCUT2D eigenvalue weighted by Crippen LogP contribution is 1.95. The molecule has 0 aliphatic rings. The number of ketones is 1. The summed E-state index contributed by atoms with van der Waals surface area (Å²) in [7, 11) is 4.02. The highest BCUT2D eigenvalue weighted by Gasteiger charge is 2.14. The van der Waals surface area contributed by atoms with E-state index in [2.05, 4.69) is 4.90 Å². The lowest BCUT2D eigenvalue weighted by Crippen LogP contribution is -2.19. The SMILES string of the molecule is CN(C)CCOCCOCCOCCOCCOCCOCCOCCOCCOCCOCCOCCOCCOC(=O)CCC(=O)C(=O)O. The molecule has 0 saturated heterocycles. The van der Waals surface area contributed by atoms with E-state index in [1.54, 1.807) is 0 Å². The van der Waals surface area contributed by atoms with E-state index in [-0.39, 0.29) is 26.1 Å². The first-order chi connectivity index (χ1) is 24.9. The molecular weight excluding hydrogens is 682 g/mol. The van der Waals surface area contributed by atoms with Gasteiger partial charge in [-0.05, 0) is 14.1 Å². The summed E-state index contributed by atoms with van der Waals surface area (Å²) >= 11 is 0. The van der Waals surface area contributed by atoms with Gasteiger partial charge in [0.25, 0.3) is 0 Å². The number of likely N-dealkylation sites (N-methyl/N-ethyl adjacent to an activating group) is 1. The van der Waals surface area contributed by atoms with Crippen LogP contribution in [0.2, 0.25) is 0 Å². The van der Waals surface area contributed by atoms with Crippen molar-refractivity contribution in [1.29, 1.82) is 0 Å². The topological polar surface area (TPSA) is 195 Å². The van der Waals surface area contributed by atoms with Crippen molar-refractivity contribution >= 4 is 17.7 Å². The average molecular weight is 746 g/mol. The Balaban J connectivity index is 3.11. The van der Waals surface area contributed by atoms with Crippen molar-refractivity contribution < 1.29 is 81.1 Å². The lowest BCUT2D eigenvalue weighted by Gasteiger charge is -2.10. The van der Waals surface area contributed by atoms with Crippen LogP contribution in [-0.4, -0.2) is 214 Å². The van der Waals surface area contributed by atoms with Gasteiger partial charge < -0.3 is 71.6 Å². The number of carbonyl (C=O) groups excluding carboxylic acids is 2. The molecule has 0 amide bonds. The molecule has 0 atom stereocenters. The fraction of sp³-hybridized carbons (Fsp3) is 0.909. The normalized spacial score (nSPS) is 11.4. The number of hydrogen-bond donors (Lipinski definition) is 1. The number of carboxylic acids is 1. The van der Waals surface area contributed by atoms with E-state index >= 15 is 0 Å². The fourth-order valence-electron chi connectivity index (χ4n) is 3.38. The van der Waals surface area contributed by atoms with Gasteiger partial charge in [0.15, 0.2) is 0 Å². The second kappa shape index (κ2) is 40.9. The van der Waals surface area contributed by atoms with Gasteiger partial charge in [0.2, 0.25) is 5.78 Å². The van der Waals surface area contributed by atoms with Crippen molar-refractivity contribution in [2.24, 2.45) is 0 Å². The van der Waals surface area contributed by atoms with Gasteiger partial charge in [-0.25, -0.2) is 4.79 Å². The summed E-state index contributed by atoms with van der Waals surface area (Å²) in [6.45, 7) is 12.2. The van der Waals surface area contributed by atoms with Gasteiger partial charge in [0.1, 0.15) is 6.61 Å². The molecule has 0 heterocycles. The maximum Gasteiger partial charge on any atom is 0.372 e. The largest absolute Gasteiger partial charge is 0.476 e. The first-order valence-electron chi connectivity index (χ1n) is 17.4. The molecule has 0 bridgehead atoms. The van der Waals surface area contributed by atoms with Crippen LogP contribution in [0, 0.1) is 0 Å². The van der Waals surface area contributed by atoms with Crippen LogP contribution in [0.5, 0.6) is 0 Å². The summed E-state index contributed by atoms with van der Waals surface area (Å²) < 4.78 is 70.0. The van der Waals surface area contributed by atoms with Gasteiger partial charge in [-0.1, -0.05) is 0 Å². The highest BCUT2D eigenvalue weighted by atomic mass is 16.6. The minimum Gasteiger partial charge on any atom is -0.476 e. The number of nitrogens with zero attached hydrogens (tertiary/aromatic N) is 1. The molecule has 0 rings (SSSR count). The lowest BCUT2D eigenvalue weighted by molar-refractivity contribution is -0.151. The molecule has 0 aromatic carbocycles. The molecule has 0 spiro atoms. The summed E-state index contributed by atoms with van der Waals surface area (Å²) in [6, 6.07) is 0. The molecule has 0 aromatic rings. The molecule has 18 nitrogen and oxygen atoms in total. The lowest BCUT2D eigenvalue weighted by atomic mass is 10.2. The third-order valence-corrected chi connectivity index (χ3v) is 6.06. The summed E-state index contributed by atoms with van der Waals surface area (Å²) in [6.07, 6.45) is -0.662. The Kier molecular flexibility index (Phi) is 39.3. The predicted molar refractivity (Wildman–Crippen MR) is 181 cm³/mol. The van der Waals surface area contributed by atoms with Gasteiger partial charge in [-0.15, -0.1) is 0 Å². The zero-order chi connectivity index (χ0) is 37.3. The molecular formula is C33H63NO17. The Hall–Kier alpha value is -1.91. The second-order valence-electron chi connectivity index (χ2n) is 10.6. The number of aliphatic carboxylic acids is 1.